The molecule has 2 aromatic rings. The van der Waals surface area contributed by atoms with Crippen molar-refractivity contribution in [3.63, 3.8) is 0 Å². The van der Waals surface area contributed by atoms with Gasteiger partial charge in [-0.15, -0.1) is 0 Å². The third-order valence-electron chi connectivity index (χ3n) is 4.04. The van der Waals surface area contributed by atoms with E-state index in [2.05, 4.69) is 11.9 Å². The molecule has 0 radical (unpaired) electrons. The molecule has 30 heavy (non-hydrogen) atoms. The Morgan fingerprint density at radius 2 is 1.83 bits per heavy atom. The first kappa shape index (κ1) is 23.2. The van der Waals surface area contributed by atoms with E-state index in [1.165, 1.54) is 0 Å². The standard InChI is InChI=1S/C22H27NO7/c1-4-20(24)29-14-12-27-10-9-23-22(25)30-21-16(2)15-19(28-13-11-26-3)17-7-5-6-8-18(17)21/h4-8,15H,1,9-14H2,2-3H3,(H,23,25). The van der Waals surface area contributed by atoms with Crippen molar-refractivity contribution in [1.82, 2.24) is 5.32 Å². The second-order valence-electron chi connectivity index (χ2n) is 6.21. The van der Waals surface area contributed by atoms with Crippen molar-refractivity contribution in [2.45, 2.75) is 6.92 Å². The van der Waals surface area contributed by atoms with Crippen LogP contribution in [0.3, 0.4) is 0 Å². The van der Waals surface area contributed by atoms with E-state index in [0.29, 0.717) is 24.7 Å². The van der Waals surface area contributed by atoms with Crippen molar-refractivity contribution in [1.29, 1.82) is 0 Å². The summed E-state index contributed by atoms with van der Waals surface area (Å²) in [6, 6.07) is 9.40. The molecule has 0 fully saturated rings. The van der Waals surface area contributed by atoms with Crippen LogP contribution < -0.4 is 14.8 Å². The quantitative estimate of drug-likeness (QED) is 0.322. The molecule has 1 N–H and O–H groups in total. The van der Waals surface area contributed by atoms with E-state index in [9.17, 15) is 9.59 Å². The molecule has 0 saturated carbocycles. The van der Waals surface area contributed by atoms with Crippen molar-refractivity contribution < 1.29 is 33.3 Å². The Morgan fingerprint density at radius 3 is 2.57 bits per heavy atom. The van der Waals surface area contributed by atoms with Crippen LogP contribution in [-0.2, 0) is 19.0 Å². The van der Waals surface area contributed by atoms with E-state index in [-0.39, 0.29) is 26.4 Å². The smallest absolute Gasteiger partial charge is 0.412 e. The minimum Gasteiger partial charge on any atom is -0.491 e. The number of rotatable bonds is 12. The van der Waals surface area contributed by atoms with Crippen LogP contribution in [0.1, 0.15) is 5.56 Å². The molecular formula is C22H27NO7. The molecule has 8 heteroatoms. The summed E-state index contributed by atoms with van der Waals surface area (Å²) < 4.78 is 26.4. The van der Waals surface area contributed by atoms with Gasteiger partial charge in [-0.25, -0.2) is 9.59 Å². The maximum Gasteiger partial charge on any atom is 0.412 e. The Bertz CT molecular complexity index is 866. The molecule has 0 saturated heterocycles. The van der Waals surface area contributed by atoms with Gasteiger partial charge >= 0.3 is 12.1 Å². The number of amides is 1. The number of fused-ring (bicyclic) bond motifs is 1. The highest BCUT2D eigenvalue weighted by Crippen LogP contribution is 2.36. The number of nitrogens with one attached hydrogen (secondary N) is 1. The lowest BCUT2D eigenvalue weighted by atomic mass is 10.0. The minimum atomic E-state index is -0.585. The second-order valence-corrected chi connectivity index (χ2v) is 6.21. The van der Waals surface area contributed by atoms with Crippen LogP contribution in [0.5, 0.6) is 11.5 Å². The summed E-state index contributed by atoms with van der Waals surface area (Å²) in [5.41, 5.74) is 0.775. The summed E-state index contributed by atoms with van der Waals surface area (Å²) in [7, 11) is 1.62. The molecular weight excluding hydrogens is 390 g/mol. The molecule has 0 aliphatic rings. The van der Waals surface area contributed by atoms with Crippen molar-refractivity contribution >= 4 is 22.8 Å². The zero-order valence-corrected chi connectivity index (χ0v) is 17.3. The normalized spacial score (nSPS) is 10.5. The molecule has 162 valence electrons. The molecule has 2 rings (SSSR count). The van der Waals surface area contributed by atoms with Gasteiger partial charge in [-0.1, -0.05) is 30.8 Å². The Balaban J connectivity index is 1.90. The molecule has 2 aromatic carbocycles. The van der Waals surface area contributed by atoms with Crippen LogP contribution in [-0.4, -0.2) is 58.8 Å². The predicted octanol–water partition coefficient (Wildman–Crippen LogP) is 3.01. The van der Waals surface area contributed by atoms with Crippen LogP contribution in [0.4, 0.5) is 4.79 Å². The molecule has 0 aliphatic carbocycles. The minimum absolute atomic E-state index is 0.124. The largest absolute Gasteiger partial charge is 0.491 e. The van der Waals surface area contributed by atoms with Crippen LogP contribution in [0, 0.1) is 6.92 Å². The number of carbonyl (C=O) groups excluding carboxylic acids is 2. The summed E-state index contributed by atoms with van der Waals surface area (Å²) >= 11 is 0. The van der Waals surface area contributed by atoms with E-state index >= 15 is 0 Å². The van der Waals surface area contributed by atoms with Gasteiger partial charge in [0.15, 0.2) is 0 Å². The lowest BCUT2D eigenvalue weighted by Crippen LogP contribution is -2.30. The van der Waals surface area contributed by atoms with Gasteiger partial charge in [0, 0.05) is 30.5 Å². The number of ether oxygens (including phenoxy) is 5. The van der Waals surface area contributed by atoms with Crippen LogP contribution >= 0.6 is 0 Å². The molecule has 0 bridgehead atoms. The van der Waals surface area contributed by atoms with Gasteiger partial charge in [0.25, 0.3) is 0 Å². The number of aryl methyl sites for hydroxylation is 1. The SMILES string of the molecule is C=CC(=O)OCCOCCNC(=O)Oc1c(C)cc(OCCOC)c2ccccc12. The molecule has 1 amide bonds. The van der Waals surface area contributed by atoms with Gasteiger partial charge in [-0.2, -0.15) is 0 Å². The van der Waals surface area contributed by atoms with Crippen molar-refractivity contribution in [2.75, 3.05) is 46.7 Å². The maximum atomic E-state index is 12.2. The van der Waals surface area contributed by atoms with Crippen molar-refractivity contribution in [3.05, 3.63) is 48.6 Å². The number of carbonyl (C=O) groups is 2. The Morgan fingerprint density at radius 1 is 1.07 bits per heavy atom. The first-order valence-corrected chi connectivity index (χ1v) is 9.53. The second kappa shape index (κ2) is 12.5. The highest BCUT2D eigenvalue weighted by molar-refractivity contribution is 5.95. The molecule has 0 spiro atoms. The predicted molar refractivity (Wildman–Crippen MR) is 112 cm³/mol. The van der Waals surface area contributed by atoms with Crippen LogP contribution in [0.25, 0.3) is 10.8 Å². The maximum absolute atomic E-state index is 12.2. The Kier molecular flexibility index (Phi) is 9.63. The van der Waals surface area contributed by atoms with Gasteiger partial charge in [0.2, 0.25) is 0 Å². The lowest BCUT2D eigenvalue weighted by Gasteiger charge is -2.15. The first-order chi connectivity index (χ1) is 14.6. The fourth-order valence-corrected chi connectivity index (χ4v) is 2.65. The van der Waals surface area contributed by atoms with Gasteiger partial charge in [-0.3, -0.25) is 0 Å². The third kappa shape index (κ3) is 7.06. The summed E-state index contributed by atoms with van der Waals surface area (Å²) in [5, 5.41) is 4.26. The number of benzene rings is 2. The molecule has 8 nitrogen and oxygen atoms in total. The zero-order valence-electron chi connectivity index (χ0n) is 17.3. The summed E-state index contributed by atoms with van der Waals surface area (Å²) in [4.78, 5) is 23.1. The average Bonchev–Trinajstić information content (AvgIpc) is 2.75. The van der Waals surface area contributed by atoms with E-state index in [0.717, 1.165) is 22.4 Å². The Hall–Kier alpha value is -3.10. The lowest BCUT2D eigenvalue weighted by molar-refractivity contribution is -0.139. The number of hydrogen-bond donors (Lipinski definition) is 1. The van der Waals surface area contributed by atoms with Gasteiger partial charge in [0.05, 0.1) is 19.8 Å². The average molecular weight is 417 g/mol. The highest BCUT2D eigenvalue weighted by atomic mass is 16.6. The molecule has 0 aromatic heterocycles. The number of hydrogen-bond acceptors (Lipinski definition) is 7. The number of methoxy groups -OCH3 is 1. The first-order valence-electron chi connectivity index (χ1n) is 9.53. The van der Waals surface area contributed by atoms with E-state index in [1.54, 1.807) is 7.11 Å². The number of esters is 1. The molecule has 0 atom stereocenters. The van der Waals surface area contributed by atoms with E-state index < -0.39 is 12.1 Å². The summed E-state index contributed by atoms with van der Waals surface area (Å²) in [6.45, 7) is 6.92. The third-order valence-corrected chi connectivity index (χ3v) is 4.04. The van der Waals surface area contributed by atoms with Gasteiger partial charge in [-0.05, 0) is 18.6 Å². The molecule has 0 heterocycles. The van der Waals surface area contributed by atoms with E-state index in [1.807, 2.05) is 37.3 Å². The summed E-state index contributed by atoms with van der Waals surface area (Å²) in [5.74, 6) is 0.677. The van der Waals surface area contributed by atoms with Crippen LogP contribution in [0.2, 0.25) is 0 Å². The Labute approximate surface area is 175 Å². The zero-order chi connectivity index (χ0) is 21.8. The highest BCUT2D eigenvalue weighted by Gasteiger charge is 2.15. The van der Waals surface area contributed by atoms with Crippen molar-refractivity contribution in [3.8, 4) is 11.5 Å². The molecule has 0 unspecified atom stereocenters. The van der Waals surface area contributed by atoms with Crippen molar-refractivity contribution in [2.24, 2.45) is 0 Å². The topological polar surface area (TPSA) is 92.3 Å². The molecule has 0 aliphatic heterocycles. The van der Waals surface area contributed by atoms with Gasteiger partial charge in [0.1, 0.15) is 24.7 Å². The fourth-order valence-electron chi connectivity index (χ4n) is 2.65. The fraction of sp³-hybridized carbons (Fsp3) is 0.364. The summed E-state index contributed by atoms with van der Waals surface area (Å²) in [6.07, 6.45) is 0.500. The van der Waals surface area contributed by atoms with Crippen LogP contribution in [0.15, 0.2) is 43.0 Å². The van der Waals surface area contributed by atoms with Gasteiger partial charge < -0.3 is 29.0 Å². The van der Waals surface area contributed by atoms with E-state index in [4.69, 9.17) is 23.7 Å². The monoisotopic (exact) mass is 417 g/mol.